The third-order valence-electron chi connectivity index (χ3n) is 4.63. The standard InChI is InChI=1S/C23H19N2O3.ClH/c1-28-23(27)18-10-7-12-24(15-18)16-21(26)22-20(17-8-3-2-4-9-17)14-19-11-5-6-13-25(19)22;/h2-15H,16H2,1H3;1H/q+1;/p-1. The molecule has 5 nitrogen and oxygen atoms in total. The van der Waals surface area contributed by atoms with Crippen LogP contribution < -0.4 is 17.0 Å². The van der Waals surface area contributed by atoms with Gasteiger partial charge in [-0.1, -0.05) is 36.4 Å². The molecule has 0 saturated heterocycles. The molecular formula is C23H19ClN2O3. The van der Waals surface area contributed by atoms with E-state index in [0.717, 1.165) is 16.6 Å². The zero-order valence-corrected chi connectivity index (χ0v) is 16.5. The molecule has 0 aliphatic rings. The molecule has 0 unspecified atom stereocenters. The highest BCUT2D eigenvalue weighted by molar-refractivity contribution is 6.02. The van der Waals surface area contributed by atoms with Gasteiger partial charge in [-0.3, -0.25) is 4.79 Å². The zero-order valence-electron chi connectivity index (χ0n) is 15.8. The molecule has 29 heavy (non-hydrogen) atoms. The van der Waals surface area contributed by atoms with E-state index in [9.17, 15) is 9.59 Å². The van der Waals surface area contributed by atoms with E-state index >= 15 is 0 Å². The number of esters is 1. The summed E-state index contributed by atoms with van der Waals surface area (Å²) in [4.78, 5) is 25.0. The summed E-state index contributed by atoms with van der Waals surface area (Å²) >= 11 is 0. The van der Waals surface area contributed by atoms with Gasteiger partial charge in [0.2, 0.25) is 12.3 Å². The lowest BCUT2D eigenvalue weighted by molar-refractivity contribution is -0.683. The van der Waals surface area contributed by atoms with E-state index in [2.05, 4.69) is 0 Å². The SMILES string of the molecule is COC(=O)c1ccc[n+](CC(=O)c2c(-c3ccccc3)cc3ccccn23)c1.[Cl-]. The first-order valence-electron chi connectivity index (χ1n) is 8.93. The number of hydrogen-bond donors (Lipinski definition) is 0. The number of halogens is 1. The Morgan fingerprint density at radius 3 is 2.52 bits per heavy atom. The first-order chi connectivity index (χ1) is 13.7. The van der Waals surface area contributed by atoms with E-state index in [-0.39, 0.29) is 24.7 Å². The van der Waals surface area contributed by atoms with Crippen molar-refractivity contribution in [1.29, 1.82) is 0 Å². The van der Waals surface area contributed by atoms with Crippen molar-refractivity contribution in [3.63, 3.8) is 0 Å². The van der Waals surface area contributed by atoms with Gasteiger partial charge in [0.25, 0.3) is 0 Å². The van der Waals surface area contributed by atoms with Gasteiger partial charge in [0.15, 0.2) is 12.4 Å². The summed E-state index contributed by atoms with van der Waals surface area (Å²) in [6.45, 7) is 0.117. The largest absolute Gasteiger partial charge is 1.00 e. The van der Waals surface area contributed by atoms with E-state index in [1.807, 2.05) is 65.2 Å². The van der Waals surface area contributed by atoms with Gasteiger partial charge in [-0.05, 0) is 29.8 Å². The van der Waals surface area contributed by atoms with Gasteiger partial charge in [0.1, 0.15) is 11.3 Å². The van der Waals surface area contributed by atoms with Crippen molar-refractivity contribution in [1.82, 2.24) is 4.40 Å². The van der Waals surface area contributed by atoms with Crippen LogP contribution in [-0.4, -0.2) is 23.3 Å². The third kappa shape index (κ3) is 4.05. The van der Waals surface area contributed by atoms with E-state index in [1.165, 1.54) is 7.11 Å². The molecule has 0 radical (unpaired) electrons. The highest BCUT2D eigenvalue weighted by Crippen LogP contribution is 2.28. The zero-order chi connectivity index (χ0) is 19.5. The Balaban J connectivity index is 0.00000240. The first kappa shape index (κ1) is 20.3. The highest BCUT2D eigenvalue weighted by Gasteiger charge is 2.22. The van der Waals surface area contributed by atoms with Gasteiger partial charge < -0.3 is 21.5 Å². The van der Waals surface area contributed by atoms with E-state index in [4.69, 9.17) is 4.74 Å². The second kappa shape index (κ2) is 8.71. The Kier molecular flexibility index (Phi) is 6.10. The van der Waals surface area contributed by atoms with Crippen LogP contribution in [0.25, 0.3) is 16.6 Å². The maximum atomic E-state index is 13.3. The van der Waals surface area contributed by atoms with Crippen molar-refractivity contribution < 1.29 is 31.3 Å². The maximum absolute atomic E-state index is 13.3. The number of Topliss-reactive ketones (excluding diaryl/α,β-unsaturated/α-hetero) is 1. The minimum Gasteiger partial charge on any atom is -1.00 e. The second-order valence-electron chi connectivity index (χ2n) is 6.45. The normalized spacial score (nSPS) is 10.4. The van der Waals surface area contributed by atoms with Gasteiger partial charge in [-0.15, -0.1) is 0 Å². The lowest BCUT2D eigenvalue weighted by Gasteiger charge is -2.05. The van der Waals surface area contributed by atoms with Crippen LogP contribution in [0.15, 0.2) is 85.3 Å². The number of aromatic nitrogens is 2. The summed E-state index contributed by atoms with van der Waals surface area (Å²) in [5.74, 6) is -0.475. The summed E-state index contributed by atoms with van der Waals surface area (Å²) in [5, 5.41) is 0. The number of rotatable bonds is 5. The molecule has 0 bridgehead atoms. The summed E-state index contributed by atoms with van der Waals surface area (Å²) in [6.07, 6.45) is 5.29. The van der Waals surface area contributed by atoms with Crippen LogP contribution in [0.1, 0.15) is 20.8 Å². The highest BCUT2D eigenvalue weighted by atomic mass is 35.5. The van der Waals surface area contributed by atoms with Gasteiger partial charge in [-0.25, -0.2) is 4.79 Å². The molecule has 0 atom stereocenters. The van der Waals surface area contributed by atoms with Gasteiger partial charge in [0.05, 0.1) is 7.11 Å². The third-order valence-corrected chi connectivity index (χ3v) is 4.63. The fourth-order valence-corrected chi connectivity index (χ4v) is 3.35. The fraction of sp³-hybridized carbons (Fsp3) is 0.0870. The minimum absolute atomic E-state index is 0. The fourth-order valence-electron chi connectivity index (χ4n) is 3.35. The topological polar surface area (TPSA) is 51.7 Å². The van der Waals surface area contributed by atoms with Crippen molar-refractivity contribution in [2.24, 2.45) is 0 Å². The van der Waals surface area contributed by atoms with Gasteiger partial charge in [-0.2, -0.15) is 4.57 Å². The molecule has 6 heteroatoms. The number of fused-ring (bicyclic) bond motifs is 1. The molecule has 3 aromatic heterocycles. The lowest BCUT2D eigenvalue weighted by atomic mass is 10.0. The van der Waals surface area contributed by atoms with Crippen LogP contribution in [0.4, 0.5) is 0 Å². The molecule has 4 aromatic rings. The Hall–Kier alpha value is -3.44. The number of ether oxygens (including phenoxy) is 1. The number of methoxy groups -OCH3 is 1. The Morgan fingerprint density at radius 2 is 1.76 bits per heavy atom. The molecule has 0 fully saturated rings. The van der Waals surface area contributed by atoms with Crippen LogP contribution >= 0.6 is 0 Å². The van der Waals surface area contributed by atoms with E-state index < -0.39 is 5.97 Å². The second-order valence-corrected chi connectivity index (χ2v) is 6.45. The molecule has 0 N–H and O–H groups in total. The lowest BCUT2D eigenvalue weighted by Crippen LogP contribution is -3.00. The number of carbonyl (C=O) groups is 2. The van der Waals surface area contributed by atoms with Crippen molar-refractivity contribution in [3.8, 4) is 11.1 Å². The van der Waals surface area contributed by atoms with E-state index in [0.29, 0.717) is 11.3 Å². The molecule has 3 heterocycles. The Labute approximate surface area is 174 Å². The number of carbonyl (C=O) groups excluding carboxylic acids is 2. The molecular weight excluding hydrogens is 388 g/mol. The molecule has 0 amide bonds. The summed E-state index contributed by atoms with van der Waals surface area (Å²) < 4.78 is 8.37. The Morgan fingerprint density at radius 1 is 1.00 bits per heavy atom. The Bertz CT molecular complexity index is 1170. The quantitative estimate of drug-likeness (QED) is 0.276. The van der Waals surface area contributed by atoms with E-state index in [1.54, 1.807) is 29.1 Å². The molecule has 0 spiro atoms. The van der Waals surface area contributed by atoms with Crippen LogP contribution in [-0.2, 0) is 11.3 Å². The number of pyridine rings is 2. The average molecular weight is 407 g/mol. The van der Waals surface area contributed by atoms with Crippen molar-refractivity contribution >= 4 is 17.3 Å². The van der Waals surface area contributed by atoms with Crippen molar-refractivity contribution in [3.05, 3.63) is 96.6 Å². The van der Waals surface area contributed by atoms with Crippen LogP contribution in [0, 0.1) is 0 Å². The maximum Gasteiger partial charge on any atom is 0.343 e. The predicted molar refractivity (Wildman–Crippen MR) is 105 cm³/mol. The molecule has 0 aliphatic carbocycles. The molecule has 0 aliphatic heterocycles. The molecule has 4 rings (SSSR count). The average Bonchev–Trinajstić information content (AvgIpc) is 3.14. The smallest absolute Gasteiger partial charge is 0.343 e. The van der Waals surface area contributed by atoms with Gasteiger partial charge >= 0.3 is 5.97 Å². The van der Waals surface area contributed by atoms with Crippen molar-refractivity contribution in [2.75, 3.05) is 7.11 Å². The van der Waals surface area contributed by atoms with Crippen LogP contribution in [0.2, 0.25) is 0 Å². The summed E-state index contributed by atoms with van der Waals surface area (Å²) in [7, 11) is 1.34. The van der Waals surface area contributed by atoms with Gasteiger partial charge in [0, 0.05) is 23.3 Å². The number of hydrogen-bond acceptors (Lipinski definition) is 3. The van der Waals surface area contributed by atoms with Crippen molar-refractivity contribution in [2.45, 2.75) is 6.54 Å². The minimum atomic E-state index is -0.431. The first-order valence-corrected chi connectivity index (χ1v) is 8.93. The van der Waals surface area contributed by atoms with Crippen LogP contribution in [0.3, 0.4) is 0 Å². The molecule has 1 aromatic carbocycles. The summed E-state index contributed by atoms with van der Waals surface area (Å²) in [5.41, 5.74) is 3.86. The number of nitrogens with zero attached hydrogens (tertiary/aromatic N) is 2. The number of ketones is 1. The van der Waals surface area contributed by atoms with Crippen LogP contribution in [0.5, 0.6) is 0 Å². The summed E-state index contributed by atoms with van der Waals surface area (Å²) in [6, 6.07) is 21.1. The predicted octanol–water partition coefficient (Wildman–Crippen LogP) is 0.567. The monoisotopic (exact) mass is 406 g/mol. The molecule has 146 valence electrons. The molecule has 0 saturated carbocycles. The number of benzene rings is 1.